The maximum absolute atomic E-state index is 11.0. The van der Waals surface area contributed by atoms with Gasteiger partial charge in [0.1, 0.15) is 11.9 Å². The van der Waals surface area contributed by atoms with Crippen molar-refractivity contribution in [3.05, 3.63) is 12.2 Å². The van der Waals surface area contributed by atoms with Gasteiger partial charge < -0.3 is 10.1 Å². The monoisotopic (exact) mass is 197 g/mol. The summed E-state index contributed by atoms with van der Waals surface area (Å²) < 4.78 is 5.06. The van der Waals surface area contributed by atoms with Gasteiger partial charge in [0.15, 0.2) is 0 Å². The van der Waals surface area contributed by atoms with E-state index in [0.29, 0.717) is 12.8 Å². The van der Waals surface area contributed by atoms with E-state index in [0.717, 1.165) is 12.8 Å². The molecule has 1 unspecified atom stereocenters. The van der Waals surface area contributed by atoms with Crippen LogP contribution >= 0.6 is 0 Å². The van der Waals surface area contributed by atoms with Crippen LogP contribution in [0.3, 0.4) is 0 Å². The van der Waals surface area contributed by atoms with Gasteiger partial charge in [-0.2, -0.15) is 0 Å². The van der Waals surface area contributed by atoms with Crippen molar-refractivity contribution in [2.45, 2.75) is 31.8 Å². The Morgan fingerprint density at radius 1 is 1.64 bits per heavy atom. The van der Waals surface area contributed by atoms with Gasteiger partial charge in [-0.15, -0.1) is 0 Å². The lowest BCUT2D eigenvalue weighted by Crippen LogP contribution is -2.25. The van der Waals surface area contributed by atoms with E-state index in [1.165, 1.54) is 7.05 Å². The van der Waals surface area contributed by atoms with Crippen molar-refractivity contribution in [2.24, 2.45) is 0 Å². The van der Waals surface area contributed by atoms with Crippen molar-refractivity contribution >= 4 is 11.9 Å². The molecule has 78 valence electrons. The minimum atomic E-state index is -0.424. The summed E-state index contributed by atoms with van der Waals surface area (Å²) in [5, 5.41) is 2.40. The third-order valence-electron chi connectivity index (χ3n) is 2.10. The van der Waals surface area contributed by atoms with Crippen molar-refractivity contribution in [3.63, 3.8) is 0 Å². The van der Waals surface area contributed by atoms with Crippen LogP contribution in [0.2, 0.25) is 0 Å². The summed E-state index contributed by atoms with van der Waals surface area (Å²) in [6.07, 6.45) is 5.47. The predicted molar refractivity (Wildman–Crippen MR) is 51.9 cm³/mol. The molecule has 1 aliphatic rings. The quantitative estimate of drug-likeness (QED) is 0.646. The van der Waals surface area contributed by atoms with E-state index in [-0.39, 0.29) is 11.9 Å². The number of nitrogens with one attached hydrogen (secondary N) is 1. The molecule has 0 aliphatic heterocycles. The van der Waals surface area contributed by atoms with Gasteiger partial charge >= 0.3 is 6.09 Å². The van der Waals surface area contributed by atoms with E-state index in [1.807, 2.05) is 0 Å². The van der Waals surface area contributed by atoms with Gasteiger partial charge in [-0.3, -0.25) is 4.79 Å². The minimum absolute atomic E-state index is 0.192. The maximum atomic E-state index is 11.0. The van der Waals surface area contributed by atoms with E-state index < -0.39 is 6.09 Å². The Morgan fingerprint density at radius 3 is 3.14 bits per heavy atom. The molecule has 0 saturated carbocycles. The van der Waals surface area contributed by atoms with Gasteiger partial charge in [-0.25, -0.2) is 4.79 Å². The second-order valence-corrected chi connectivity index (χ2v) is 3.26. The van der Waals surface area contributed by atoms with Crippen molar-refractivity contribution < 1.29 is 14.3 Å². The number of ketones is 1. The van der Waals surface area contributed by atoms with Gasteiger partial charge in [-0.1, -0.05) is 6.08 Å². The number of carbonyl (C=O) groups excluding carboxylic acids is 2. The molecular weight excluding hydrogens is 182 g/mol. The summed E-state index contributed by atoms with van der Waals surface area (Å²) >= 11 is 0. The number of allylic oxidation sites excluding steroid dienone is 1. The van der Waals surface area contributed by atoms with Gasteiger partial charge in [0.25, 0.3) is 0 Å². The Balaban J connectivity index is 2.45. The van der Waals surface area contributed by atoms with Crippen molar-refractivity contribution in [1.29, 1.82) is 0 Å². The van der Waals surface area contributed by atoms with Crippen LogP contribution in [0.4, 0.5) is 4.79 Å². The molecule has 1 rings (SSSR count). The smallest absolute Gasteiger partial charge is 0.407 e. The predicted octanol–water partition coefficient (Wildman–Crippen LogP) is 1.41. The molecule has 14 heavy (non-hydrogen) atoms. The first kappa shape index (κ1) is 10.8. The van der Waals surface area contributed by atoms with Gasteiger partial charge in [0, 0.05) is 19.9 Å². The molecule has 1 amide bonds. The summed E-state index contributed by atoms with van der Waals surface area (Å²) in [5.74, 6) is 0.250. The number of ether oxygens (including phenoxy) is 1. The molecule has 1 aliphatic carbocycles. The summed E-state index contributed by atoms with van der Waals surface area (Å²) in [7, 11) is 1.53. The Bertz CT molecular complexity index is 248. The van der Waals surface area contributed by atoms with Crippen molar-refractivity contribution in [2.75, 3.05) is 7.05 Å². The molecule has 0 aromatic carbocycles. The van der Waals surface area contributed by atoms with E-state index in [1.54, 1.807) is 12.2 Å². The van der Waals surface area contributed by atoms with Crippen LogP contribution in [0.15, 0.2) is 12.2 Å². The average Bonchev–Trinajstić information content (AvgIpc) is 2.14. The van der Waals surface area contributed by atoms with Crippen LogP contribution in [-0.4, -0.2) is 25.0 Å². The molecule has 0 spiro atoms. The van der Waals surface area contributed by atoms with E-state index in [4.69, 9.17) is 4.74 Å². The minimum Gasteiger partial charge on any atom is -0.442 e. The fraction of sp³-hybridized carbons (Fsp3) is 0.600. The highest BCUT2D eigenvalue weighted by Crippen LogP contribution is 2.12. The van der Waals surface area contributed by atoms with E-state index in [2.05, 4.69) is 5.32 Å². The standard InChI is InChI=1S/C10H15NO3/c1-11-10(13)14-9-6-2-4-8(12)5-3-7-9/h2,6,9H,3-5,7H2,1H3,(H,11,13). The van der Waals surface area contributed by atoms with E-state index >= 15 is 0 Å². The van der Waals surface area contributed by atoms with Gasteiger partial charge in [0.2, 0.25) is 0 Å². The third-order valence-corrected chi connectivity index (χ3v) is 2.10. The Kier molecular flexibility index (Phi) is 4.16. The van der Waals surface area contributed by atoms with Crippen molar-refractivity contribution in [1.82, 2.24) is 5.32 Å². The first-order valence-corrected chi connectivity index (χ1v) is 4.79. The number of rotatable bonds is 1. The second-order valence-electron chi connectivity index (χ2n) is 3.26. The SMILES string of the molecule is CNC(=O)OC1C=CCC(=O)CCC1. The van der Waals surface area contributed by atoms with Gasteiger partial charge in [0.05, 0.1) is 0 Å². The molecule has 1 atom stereocenters. The molecule has 0 heterocycles. The largest absolute Gasteiger partial charge is 0.442 e. The Labute approximate surface area is 83.3 Å². The van der Waals surface area contributed by atoms with Crippen LogP contribution in [0.25, 0.3) is 0 Å². The van der Waals surface area contributed by atoms with Crippen LogP contribution in [0.5, 0.6) is 0 Å². The fourth-order valence-electron chi connectivity index (χ4n) is 1.34. The third kappa shape index (κ3) is 3.60. The lowest BCUT2D eigenvalue weighted by molar-refractivity contribution is -0.118. The number of carbonyl (C=O) groups is 2. The first-order chi connectivity index (χ1) is 6.72. The van der Waals surface area contributed by atoms with Crippen LogP contribution in [0, 0.1) is 0 Å². The normalized spacial score (nSPS) is 22.4. The molecular formula is C10H15NO3. The van der Waals surface area contributed by atoms with Crippen LogP contribution in [-0.2, 0) is 9.53 Å². The zero-order chi connectivity index (χ0) is 10.4. The molecule has 4 nitrogen and oxygen atoms in total. The molecule has 0 saturated heterocycles. The summed E-state index contributed by atoms with van der Waals surface area (Å²) in [5.41, 5.74) is 0. The molecule has 1 N–H and O–H groups in total. The summed E-state index contributed by atoms with van der Waals surface area (Å²) in [4.78, 5) is 22.0. The average molecular weight is 197 g/mol. The molecule has 0 fully saturated rings. The number of amides is 1. The second kappa shape index (κ2) is 5.42. The number of hydrogen-bond acceptors (Lipinski definition) is 3. The zero-order valence-electron chi connectivity index (χ0n) is 8.29. The van der Waals surface area contributed by atoms with Crippen molar-refractivity contribution in [3.8, 4) is 0 Å². The molecule has 0 bridgehead atoms. The Hall–Kier alpha value is -1.32. The topological polar surface area (TPSA) is 55.4 Å². The highest BCUT2D eigenvalue weighted by Gasteiger charge is 2.13. The fourth-order valence-corrected chi connectivity index (χ4v) is 1.34. The van der Waals surface area contributed by atoms with E-state index in [9.17, 15) is 9.59 Å². The molecule has 4 heteroatoms. The number of hydrogen-bond donors (Lipinski definition) is 1. The number of alkyl carbamates (subject to hydrolysis) is 1. The lowest BCUT2D eigenvalue weighted by Gasteiger charge is -2.15. The maximum Gasteiger partial charge on any atom is 0.407 e. The molecule has 0 radical (unpaired) electrons. The summed E-state index contributed by atoms with van der Waals surface area (Å²) in [6, 6.07) is 0. The van der Waals surface area contributed by atoms with Crippen LogP contribution < -0.4 is 5.32 Å². The lowest BCUT2D eigenvalue weighted by atomic mass is 10.0. The molecule has 0 aromatic heterocycles. The highest BCUT2D eigenvalue weighted by molar-refractivity contribution is 5.79. The molecule has 0 aromatic rings. The summed E-state index contributed by atoms with van der Waals surface area (Å²) in [6.45, 7) is 0. The van der Waals surface area contributed by atoms with Crippen LogP contribution in [0.1, 0.15) is 25.7 Å². The number of Topliss-reactive ketones (excluding diaryl/α,β-unsaturated/α-hetero) is 1. The van der Waals surface area contributed by atoms with Gasteiger partial charge in [-0.05, 0) is 18.9 Å². The highest BCUT2D eigenvalue weighted by atomic mass is 16.6. The zero-order valence-corrected chi connectivity index (χ0v) is 8.29. The Morgan fingerprint density at radius 2 is 2.43 bits per heavy atom. The first-order valence-electron chi connectivity index (χ1n) is 4.79.